The average molecular weight is 245 g/mol. The summed E-state index contributed by atoms with van der Waals surface area (Å²) in [5, 5.41) is 3.98. The first kappa shape index (κ1) is 11.4. The van der Waals surface area contributed by atoms with Crippen LogP contribution < -0.4 is 5.73 Å². The third-order valence-corrected chi connectivity index (χ3v) is 3.15. The van der Waals surface area contributed by atoms with Crippen LogP contribution in [-0.2, 0) is 16.7 Å². The lowest BCUT2D eigenvalue weighted by Gasteiger charge is -2.14. The molecule has 0 spiro atoms. The van der Waals surface area contributed by atoms with E-state index in [1.165, 1.54) is 0 Å². The summed E-state index contributed by atoms with van der Waals surface area (Å²) in [5.74, 6) is 1.14. The predicted octanol–water partition coefficient (Wildman–Crippen LogP) is 1.23. The van der Waals surface area contributed by atoms with Gasteiger partial charge in [-0.3, -0.25) is 0 Å². The topological polar surface area (TPSA) is 74.2 Å². The number of benzene rings is 1. The zero-order valence-corrected chi connectivity index (χ0v) is 10.0. The van der Waals surface area contributed by atoms with Crippen LogP contribution in [0.1, 0.15) is 23.7 Å². The lowest BCUT2D eigenvalue weighted by Crippen LogP contribution is -2.37. The molecule has 5 nitrogen and oxygen atoms in total. The molecule has 1 unspecified atom stereocenters. The molecular formula is C13H15N3O2. The number of hydrogen-bond donors (Lipinski definition) is 1. The first-order valence-corrected chi connectivity index (χ1v) is 6.00. The molecule has 1 aliphatic rings. The van der Waals surface area contributed by atoms with Gasteiger partial charge in [0.1, 0.15) is 5.54 Å². The Hall–Kier alpha value is -1.72. The van der Waals surface area contributed by atoms with Gasteiger partial charge in [-0.15, -0.1) is 0 Å². The largest absolute Gasteiger partial charge is 0.379 e. The van der Waals surface area contributed by atoms with Gasteiger partial charge in [-0.25, -0.2) is 0 Å². The van der Waals surface area contributed by atoms with Crippen molar-refractivity contribution in [2.24, 2.45) is 5.73 Å². The van der Waals surface area contributed by atoms with E-state index in [4.69, 9.17) is 15.0 Å². The highest BCUT2D eigenvalue weighted by Crippen LogP contribution is 2.26. The molecule has 0 radical (unpaired) electrons. The summed E-state index contributed by atoms with van der Waals surface area (Å²) in [7, 11) is 0. The first-order valence-electron chi connectivity index (χ1n) is 6.00. The number of nitrogens with two attached hydrogens (primary N) is 1. The molecule has 3 rings (SSSR count). The summed E-state index contributed by atoms with van der Waals surface area (Å²) in [4.78, 5) is 4.38. The highest BCUT2D eigenvalue weighted by molar-refractivity contribution is 5.19. The molecule has 94 valence electrons. The van der Waals surface area contributed by atoms with E-state index in [-0.39, 0.29) is 0 Å². The quantitative estimate of drug-likeness (QED) is 0.880. The molecule has 1 aromatic carbocycles. The SMILES string of the molecule is NC1(c2nc(Cc3ccccc3)no2)CCOC1. The molecule has 1 fully saturated rings. The second-order valence-corrected chi connectivity index (χ2v) is 4.64. The van der Waals surface area contributed by atoms with Crippen LogP contribution in [-0.4, -0.2) is 23.4 Å². The van der Waals surface area contributed by atoms with Crippen LogP contribution in [0.5, 0.6) is 0 Å². The smallest absolute Gasteiger partial charge is 0.249 e. The molecule has 1 aromatic heterocycles. The Morgan fingerprint density at radius 3 is 2.83 bits per heavy atom. The van der Waals surface area contributed by atoms with E-state index in [0.717, 1.165) is 12.0 Å². The fourth-order valence-electron chi connectivity index (χ4n) is 2.06. The zero-order valence-electron chi connectivity index (χ0n) is 10.0. The van der Waals surface area contributed by atoms with Gasteiger partial charge in [0.15, 0.2) is 5.82 Å². The minimum atomic E-state index is -0.609. The van der Waals surface area contributed by atoms with E-state index in [9.17, 15) is 0 Å². The number of aromatic nitrogens is 2. The van der Waals surface area contributed by atoms with Crippen LogP contribution in [0.25, 0.3) is 0 Å². The Morgan fingerprint density at radius 1 is 1.28 bits per heavy atom. The fourth-order valence-corrected chi connectivity index (χ4v) is 2.06. The molecule has 2 heterocycles. The van der Waals surface area contributed by atoms with Gasteiger partial charge in [-0.05, 0) is 12.0 Å². The van der Waals surface area contributed by atoms with E-state index < -0.39 is 5.54 Å². The Labute approximate surface area is 105 Å². The summed E-state index contributed by atoms with van der Waals surface area (Å²) < 4.78 is 10.5. The van der Waals surface area contributed by atoms with Gasteiger partial charge in [0.25, 0.3) is 0 Å². The van der Waals surface area contributed by atoms with Crippen molar-refractivity contribution < 1.29 is 9.26 Å². The van der Waals surface area contributed by atoms with Crippen molar-refractivity contribution in [2.45, 2.75) is 18.4 Å². The number of rotatable bonds is 3. The monoisotopic (exact) mass is 245 g/mol. The fraction of sp³-hybridized carbons (Fsp3) is 0.385. The number of ether oxygens (including phenoxy) is 1. The highest BCUT2D eigenvalue weighted by atomic mass is 16.5. The summed E-state index contributed by atoms with van der Waals surface area (Å²) >= 11 is 0. The van der Waals surface area contributed by atoms with Crippen LogP contribution in [0.2, 0.25) is 0 Å². The lowest BCUT2D eigenvalue weighted by atomic mass is 10.0. The molecule has 2 aromatic rings. The molecular weight excluding hydrogens is 230 g/mol. The van der Waals surface area contributed by atoms with E-state index in [0.29, 0.717) is 31.3 Å². The molecule has 2 N–H and O–H groups in total. The second kappa shape index (κ2) is 4.51. The van der Waals surface area contributed by atoms with Gasteiger partial charge in [-0.1, -0.05) is 35.5 Å². The Balaban J connectivity index is 1.78. The Bertz CT molecular complexity index is 518. The minimum Gasteiger partial charge on any atom is -0.379 e. The number of nitrogens with zero attached hydrogens (tertiary/aromatic N) is 2. The Morgan fingerprint density at radius 2 is 2.11 bits per heavy atom. The summed E-state index contributed by atoms with van der Waals surface area (Å²) in [5.41, 5.74) is 6.71. The second-order valence-electron chi connectivity index (χ2n) is 4.64. The lowest BCUT2D eigenvalue weighted by molar-refractivity contribution is 0.166. The van der Waals surface area contributed by atoms with Crippen molar-refractivity contribution >= 4 is 0 Å². The van der Waals surface area contributed by atoms with Crippen molar-refractivity contribution in [3.8, 4) is 0 Å². The van der Waals surface area contributed by atoms with E-state index >= 15 is 0 Å². The van der Waals surface area contributed by atoms with Gasteiger partial charge in [0.05, 0.1) is 6.61 Å². The van der Waals surface area contributed by atoms with Gasteiger partial charge in [-0.2, -0.15) is 4.98 Å². The summed E-state index contributed by atoms with van der Waals surface area (Å²) in [6.45, 7) is 1.09. The maximum absolute atomic E-state index is 6.17. The van der Waals surface area contributed by atoms with Crippen molar-refractivity contribution in [1.82, 2.24) is 10.1 Å². The molecule has 0 saturated carbocycles. The molecule has 0 amide bonds. The molecule has 1 aliphatic heterocycles. The van der Waals surface area contributed by atoms with E-state index in [2.05, 4.69) is 10.1 Å². The first-order chi connectivity index (χ1) is 8.76. The predicted molar refractivity (Wildman–Crippen MR) is 64.8 cm³/mol. The molecule has 0 aliphatic carbocycles. The van der Waals surface area contributed by atoms with Gasteiger partial charge >= 0.3 is 0 Å². The standard InChI is InChI=1S/C13H15N3O2/c14-13(6-7-17-9-13)12-15-11(16-18-12)8-10-4-2-1-3-5-10/h1-5H,6-9,14H2. The van der Waals surface area contributed by atoms with Crippen molar-refractivity contribution in [3.05, 3.63) is 47.6 Å². The highest BCUT2D eigenvalue weighted by Gasteiger charge is 2.38. The van der Waals surface area contributed by atoms with Crippen LogP contribution in [0.3, 0.4) is 0 Å². The third-order valence-electron chi connectivity index (χ3n) is 3.15. The van der Waals surface area contributed by atoms with E-state index in [1.54, 1.807) is 0 Å². The molecule has 18 heavy (non-hydrogen) atoms. The zero-order chi connectivity index (χ0) is 12.4. The van der Waals surface area contributed by atoms with Crippen LogP contribution >= 0.6 is 0 Å². The molecule has 1 atom stereocenters. The average Bonchev–Trinajstić information content (AvgIpc) is 3.01. The van der Waals surface area contributed by atoms with Crippen LogP contribution in [0, 0.1) is 0 Å². The van der Waals surface area contributed by atoms with E-state index in [1.807, 2.05) is 30.3 Å². The Kier molecular flexibility index (Phi) is 2.85. The number of hydrogen-bond acceptors (Lipinski definition) is 5. The van der Waals surface area contributed by atoms with Crippen molar-refractivity contribution in [3.63, 3.8) is 0 Å². The van der Waals surface area contributed by atoms with Crippen molar-refractivity contribution in [1.29, 1.82) is 0 Å². The maximum Gasteiger partial charge on any atom is 0.249 e. The molecule has 5 heteroatoms. The maximum atomic E-state index is 6.17. The normalized spacial score (nSPS) is 23.4. The van der Waals surface area contributed by atoms with Gasteiger partial charge in [0, 0.05) is 13.0 Å². The minimum absolute atomic E-state index is 0.444. The van der Waals surface area contributed by atoms with Crippen LogP contribution in [0.4, 0.5) is 0 Å². The van der Waals surface area contributed by atoms with Crippen molar-refractivity contribution in [2.75, 3.05) is 13.2 Å². The van der Waals surface area contributed by atoms with Gasteiger partial charge < -0.3 is 15.0 Å². The molecule has 0 bridgehead atoms. The summed E-state index contributed by atoms with van der Waals surface area (Å²) in [6, 6.07) is 10.0. The third kappa shape index (κ3) is 2.14. The molecule has 1 saturated heterocycles. The van der Waals surface area contributed by atoms with Crippen LogP contribution in [0.15, 0.2) is 34.9 Å². The summed E-state index contributed by atoms with van der Waals surface area (Å²) in [6.07, 6.45) is 1.38. The van der Waals surface area contributed by atoms with Gasteiger partial charge in [0.2, 0.25) is 5.89 Å².